The fourth-order valence-electron chi connectivity index (χ4n) is 2.85. The summed E-state index contributed by atoms with van der Waals surface area (Å²) in [5.74, 6) is 0.380. The molecule has 1 amide bonds. The van der Waals surface area contributed by atoms with Crippen LogP contribution in [0.25, 0.3) is 0 Å². The second-order valence-corrected chi connectivity index (χ2v) is 8.63. The number of aryl methyl sites for hydroxylation is 2. The third-order valence-electron chi connectivity index (χ3n) is 4.31. The number of nitrogens with one attached hydrogen (secondary N) is 1. The quantitative estimate of drug-likeness (QED) is 0.652. The zero-order valence-corrected chi connectivity index (χ0v) is 17.6. The number of carbonyl (C=O) groups excluding carboxylic acids is 1. The highest BCUT2D eigenvalue weighted by molar-refractivity contribution is 7.92. The molecule has 1 unspecified atom stereocenters. The Bertz CT molecular complexity index is 878. The van der Waals surface area contributed by atoms with Gasteiger partial charge in [0.25, 0.3) is 0 Å². The first-order valence-corrected chi connectivity index (χ1v) is 11.1. The summed E-state index contributed by atoms with van der Waals surface area (Å²) in [6.45, 7) is 6.30. The molecular weight excluding hydrogens is 376 g/mol. The van der Waals surface area contributed by atoms with Gasteiger partial charge in [0.2, 0.25) is 15.9 Å². The molecule has 7 heteroatoms. The summed E-state index contributed by atoms with van der Waals surface area (Å²) in [5.41, 5.74) is 2.64. The number of anilines is 1. The lowest BCUT2D eigenvalue weighted by molar-refractivity contribution is -0.122. The van der Waals surface area contributed by atoms with E-state index in [9.17, 15) is 13.2 Å². The maximum Gasteiger partial charge on any atom is 0.244 e. The third kappa shape index (κ3) is 5.99. The fraction of sp³-hybridized carbons (Fsp3) is 0.381. The zero-order valence-electron chi connectivity index (χ0n) is 16.8. The molecule has 0 radical (unpaired) electrons. The first-order valence-electron chi connectivity index (χ1n) is 9.25. The summed E-state index contributed by atoms with van der Waals surface area (Å²) in [6, 6.07) is 13.9. The fourth-order valence-corrected chi connectivity index (χ4v) is 4.06. The van der Waals surface area contributed by atoms with Crippen LogP contribution in [0.1, 0.15) is 24.5 Å². The molecule has 0 heterocycles. The number of rotatable bonds is 9. The molecule has 0 bridgehead atoms. The van der Waals surface area contributed by atoms with Gasteiger partial charge in [0.05, 0.1) is 18.5 Å². The third-order valence-corrected chi connectivity index (χ3v) is 5.49. The predicted octanol–water partition coefficient (Wildman–Crippen LogP) is 3.04. The summed E-state index contributed by atoms with van der Waals surface area (Å²) in [5, 5.41) is 2.78. The van der Waals surface area contributed by atoms with E-state index in [-0.39, 0.29) is 12.5 Å². The Labute approximate surface area is 167 Å². The molecule has 0 spiro atoms. The molecule has 0 aliphatic carbocycles. The van der Waals surface area contributed by atoms with Crippen molar-refractivity contribution in [1.82, 2.24) is 5.32 Å². The molecule has 0 saturated carbocycles. The molecule has 0 aromatic heterocycles. The average Bonchev–Trinajstić information content (AvgIpc) is 2.64. The van der Waals surface area contributed by atoms with Crippen LogP contribution in [0.15, 0.2) is 48.5 Å². The summed E-state index contributed by atoms with van der Waals surface area (Å²) >= 11 is 0. The van der Waals surface area contributed by atoms with Gasteiger partial charge in [-0.05, 0) is 44.5 Å². The predicted molar refractivity (Wildman–Crippen MR) is 112 cm³/mol. The van der Waals surface area contributed by atoms with Crippen LogP contribution in [0.2, 0.25) is 0 Å². The van der Waals surface area contributed by atoms with Crippen LogP contribution in [0, 0.1) is 13.8 Å². The van der Waals surface area contributed by atoms with Gasteiger partial charge in [0, 0.05) is 0 Å². The smallest absolute Gasteiger partial charge is 0.244 e. The number of amides is 1. The molecule has 2 aromatic carbocycles. The molecule has 0 aliphatic heterocycles. The maximum absolute atomic E-state index is 12.7. The Hall–Kier alpha value is -2.54. The van der Waals surface area contributed by atoms with Crippen LogP contribution in [0.5, 0.6) is 5.75 Å². The molecule has 2 rings (SSSR count). The molecule has 0 fully saturated rings. The van der Waals surface area contributed by atoms with Crippen molar-refractivity contribution in [2.24, 2.45) is 0 Å². The second kappa shape index (κ2) is 9.59. The van der Waals surface area contributed by atoms with E-state index < -0.39 is 16.1 Å². The largest absolute Gasteiger partial charge is 0.492 e. The van der Waals surface area contributed by atoms with Gasteiger partial charge < -0.3 is 10.1 Å². The number of benzene rings is 2. The lowest BCUT2D eigenvalue weighted by Crippen LogP contribution is -2.50. The van der Waals surface area contributed by atoms with Crippen molar-refractivity contribution >= 4 is 21.6 Å². The van der Waals surface area contributed by atoms with Gasteiger partial charge >= 0.3 is 0 Å². The van der Waals surface area contributed by atoms with Gasteiger partial charge in [0.15, 0.2) is 0 Å². The van der Waals surface area contributed by atoms with Crippen LogP contribution in [0.3, 0.4) is 0 Å². The van der Waals surface area contributed by atoms with E-state index >= 15 is 0 Å². The minimum absolute atomic E-state index is 0.286. The first-order chi connectivity index (χ1) is 13.2. The highest BCUT2D eigenvalue weighted by Crippen LogP contribution is 2.23. The van der Waals surface area contributed by atoms with Gasteiger partial charge in [-0.2, -0.15) is 0 Å². The number of ether oxygens (including phenoxy) is 1. The van der Waals surface area contributed by atoms with Gasteiger partial charge in [-0.3, -0.25) is 9.10 Å². The number of hydrogen-bond acceptors (Lipinski definition) is 4. The van der Waals surface area contributed by atoms with Crippen molar-refractivity contribution in [2.75, 3.05) is 23.7 Å². The molecule has 2 aromatic rings. The van der Waals surface area contributed by atoms with E-state index in [1.54, 1.807) is 19.1 Å². The molecule has 1 N–H and O–H groups in total. The topological polar surface area (TPSA) is 75.7 Å². The van der Waals surface area contributed by atoms with Crippen LogP contribution >= 0.6 is 0 Å². The Morgan fingerprint density at radius 2 is 1.57 bits per heavy atom. The Morgan fingerprint density at radius 1 is 1.04 bits per heavy atom. The van der Waals surface area contributed by atoms with Crippen molar-refractivity contribution < 1.29 is 17.9 Å². The highest BCUT2D eigenvalue weighted by atomic mass is 32.2. The van der Waals surface area contributed by atoms with Gasteiger partial charge in [-0.25, -0.2) is 8.42 Å². The summed E-state index contributed by atoms with van der Waals surface area (Å²) < 4.78 is 31.6. The van der Waals surface area contributed by atoms with Gasteiger partial charge in [-0.1, -0.05) is 42.3 Å². The first kappa shape index (κ1) is 21.8. The van der Waals surface area contributed by atoms with Crippen molar-refractivity contribution in [2.45, 2.75) is 33.2 Å². The molecule has 152 valence electrons. The SMILES string of the molecule is CCC(C(=O)NCCOc1ccc(C)cc1)N(c1ccc(C)cc1)S(C)(=O)=O. The average molecular weight is 405 g/mol. The normalized spacial score (nSPS) is 12.3. The van der Waals surface area contributed by atoms with Crippen LogP contribution < -0.4 is 14.4 Å². The van der Waals surface area contributed by atoms with Crippen molar-refractivity contribution in [3.8, 4) is 5.75 Å². The molecule has 0 aliphatic rings. The monoisotopic (exact) mass is 404 g/mol. The second-order valence-electron chi connectivity index (χ2n) is 6.77. The molecule has 28 heavy (non-hydrogen) atoms. The van der Waals surface area contributed by atoms with Crippen molar-refractivity contribution in [1.29, 1.82) is 0 Å². The van der Waals surface area contributed by atoms with Gasteiger partial charge in [0.1, 0.15) is 18.4 Å². The molecular formula is C21H28N2O4S. The van der Waals surface area contributed by atoms with Crippen molar-refractivity contribution in [3.63, 3.8) is 0 Å². The van der Waals surface area contributed by atoms with E-state index in [2.05, 4.69) is 5.32 Å². The maximum atomic E-state index is 12.7. The summed E-state index contributed by atoms with van der Waals surface area (Å²) in [4.78, 5) is 12.7. The lowest BCUT2D eigenvalue weighted by atomic mass is 10.1. The van der Waals surface area contributed by atoms with E-state index in [0.29, 0.717) is 18.7 Å². The summed E-state index contributed by atoms with van der Waals surface area (Å²) in [7, 11) is -3.62. The van der Waals surface area contributed by atoms with Crippen LogP contribution in [-0.4, -0.2) is 39.8 Å². The molecule has 6 nitrogen and oxygen atoms in total. The van der Waals surface area contributed by atoms with E-state index in [1.807, 2.05) is 50.2 Å². The lowest BCUT2D eigenvalue weighted by Gasteiger charge is -2.30. The van der Waals surface area contributed by atoms with Crippen molar-refractivity contribution in [3.05, 3.63) is 59.7 Å². The van der Waals surface area contributed by atoms with E-state index in [0.717, 1.165) is 23.1 Å². The molecule has 0 saturated heterocycles. The highest BCUT2D eigenvalue weighted by Gasteiger charge is 2.31. The molecule has 1 atom stereocenters. The van der Waals surface area contributed by atoms with Crippen LogP contribution in [0.4, 0.5) is 5.69 Å². The minimum atomic E-state index is -3.62. The number of sulfonamides is 1. The van der Waals surface area contributed by atoms with Crippen LogP contribution in [-0.2, 0) is 14.8 Å². The Kier molecular flexibility index (Phi) is 7.45. The Balaban J connectivity index is 2.02. The number of nitrogens with zero attached hydrogens (tertiary/aromatic N) is 1. The standard InChI is InChI=1S/C21H28N2O4S/c1-5-20(23(28(4,25)26)18-10-6-16(2)7-11-18)21(24)22-14-15-27-19-12-8-17(3)9-13-19/h6-13,20H,5,14-15H2,1-4H3,(H,22,24). The van der Waals surface area contributed by atoms with E-state index in [4.69, 9.17) is 4.74 Å². The van der Waals surface area contributed by atoms with Gasteiger partial charge in [-0.15, -0.1) is 0 Å². The number of hydrogen-bond donors (Lipinski definition) is 1. The zero-order chi connectivity index (χ0) is 20.7. The number of carbonyl (C=O) groups is 1. The summed E-state index contributed by atoms with van der Waals surface area (Å²) in [6.07, 6.45) is 1.47. The van der Waals surface area contributed by atoms with E-state index in [1.165, 1.54) is 4.31 Å². The minimum Gasteiger partial charge on any atom is -0.492 e. The Morgan fingerprint density at radius 3 is 2.07 bits per heavy atom.